The van der Waals surface area contributed by atoms with Gasteiger partial charge in [-0.1, -0.05) is 31.0 Å². The molecule has 2 atom stereocenters. The average molecular weight is 579 g/mol. The number of pyridine rings is 1. The molecule has 212 valence electrons. The Bertz CT molecular complexity index is 1570. The molecule has 2 bridgehead atoms. The number of benzene rings is 2. The fourth-order valence-corrected chi connectivity index (χ4v) is 5.59. The second-order valence-electron chi connectivity index (χ2n) is 10.4. The van der Waals surface area contributed by atoms with Gasteiger partial charge in [0.15, 0.2) is 5.82 Å². The van der Waals surface area contributed by atoms with Crippen LogP contribution in [-0.2, 0) is 14.4 Å². The Hall–Kier alpha value is -4.11. The van der Waals surface area contributed by atoms with Gasteiger partial charge in [0, 0.05) is 42.9 Å². The molecule has 3 amide bonds. The number of carbonyl (C=O) groups is 3. The van der Waals surface area contributed by atoms with Crippen molar-refractivity contribution in [1.82, 2.24) is 9.88 Å². The Morgan fingerprint density at radius 2 is 1.93 bits per heavy atom. The molecule has 5 rings (SSSR count). The lowest BCUT2D eigenvalue weighted by atomic mass is 9.92. The summed E-state index contributed by atoms with van der Waals surface area (Å²) < 4.78 is 29.2. The van der Waals surface area contributed by atoms with Gasteiger partial charge in [0.2, 0.25) is 17.7 Å². The largest absolute Gasteiger partial charge is 0.330 e. The van der Waals surface area contributed by atoms with Crippen LogP contribution in [0, 0.1) is 17.6 Å². The van der Waals surface area contributed by atoms with E-state index in [0.29, 0.717) is 36.3 Å². The number of anilines is 2. The van der Waals surface area contributed by atoms with Gasteiger partial charge >= 0.3 is 0 Å². The van der Waals surface area contributed by atoms with Crippen LogP contribution in [0.15, 0.2) is 54.7 Å². The number of carbonyl (C=O) groups excluding carboxylic acids is 3. The summed E-state index contributed by atoms with van der Waals surface area (Å²) in [6, 6.07) is 10.8. The van der Waals surface area contributed by atoms with E-state index in [1.807, 2.05) is 25.1 Å². The van der Waals surface area contributed by atoms with Gasteiger partial charge in [0.1, 0.15) is 5.82 Å². The average Bonchev–Trinajstić information content (AvgIpc) is 2.93. The molecule has 1 aromatic heterocycles. The fraction of sp³-hybridized carbons (Fsp3) is 0.290. The van der Waals surface area contributed by atoms with E-state index < -0.39 is 17.7 Å². The van der Waals surface area contributed by atoms with E-state index in [-0.39, 0.29) is 52.8 Å². The zero-order valence-corrected chi connectivity index (χ0v) is 23.4. The summed E-state index contributed by atoms with van der Waals surface area (Å²) in [6.07, 6.45) is 4.94. The van der Waals surface area contributed by atoms with Crippen LogP contribution in [-0.4, -0.2) is 34.2 Å². The Balaban J connectivity index is 1.53. The van der Waals surface area contributed by atoms with Crippen molar-refractivity contribution in [3.8, 4) is 11.1 Å². The highest BCUT2D eigenvalue weighted by atomic mass is 35.5. The Morgan fingerprint density at radius 1 is 1.12 bits per heavy atom. The second kappa shape index (κ2) is 11.8. The molecule has 0 aliphatic carbocycles. The van der Waals surface area contributed by atoms with Crippen molar-refractivity contribution in [3.05, 3.63) is 82.7 Å². The Kier molecular flexibility index (Phi) is 8.17. The predicted molar refractivity (Wildman–Crippen MR) is 154 cm³/mol. The van der Waals surface area contributed by atoms with E-state index in [9.17, 15) is 23.2 Å². The van der Waals surface area contributed by atoms with Gasteiger partial charge in [-0.3, -0.25) is 19.4 Å². The maximum absolute atomic E-state index is 14.7. The number of halogens is 3. The molecule has 0 saturated carbocycles. The van der Waals surface area contributed by atoms with Crippen LogP contribution in [0.4, 0.5) is 20.2 Å². The molecule has 1 unspecified atom stereocenters. The minimum absolute atomic E-state index is 0.148. The summed E-state index contributed by atoms with van der Waals surface area (Å²) in [5.74, 6) is -2.71. The summed E-state index contributed by atoms with van der Waals surface area (Å²) >= 11 is 5.89. The van der Waals surface area contributed by atoms with Crippen molar-refractivity contribution in [2.24, 2.45) is 5.92 Å². The summed E-state index contributed by atoms with van der Waals surface area (Å²) in [5, 5.41) is 5.55. The van der Waals surface area contributed by atoms with Gasteiger partial charge in [-0.05, 0) is 66.8 Å². The minimum atomic E-state index is -0.882. The maximum atomic E-state index is 14.7. The highest BCUT2D eigenvalue weighted by molar-refractivity contribution is 6.31. The molecule has 2 aliphatic heterocycles. The monoisotopic (exact) mass is 578 g/mol. The van der Waals surface area contributed by atoms with E-state index in [4.69, 9.17) is 11.6 Å². The quantitative estimate of drug-likeness (QED) is 0.336. The molecule has 10 heteroatoms. The first kappa shape index (κ1) is 28.4. The number of rotatable bonds is 3. The smallest absolute Gasteiger partial charge is 0.247 e. The van der Waals surface area contributed by atoms with Gasteiger partial charge < -0.3 is 15.5 Å². The Morgan fingerprint density at radius 3 is 2.68 bits per heavy atom. The van der Waals surface area contributed by atoms with Crippen LogP contribution < -0.4 is 10.6 Å². The molecule has 3 aromatic rings. The molecular weight excluding hydrogens is 550 g/mol. The second-order valence-corrected chi connectivity index (χ2v) is 10.8. The van der Waals surface area contributed by atoms with Gasteiger partial charge in [0.25, 0.3) is 0 Å². The lowest BCUT2D eigenvalue weighted by Crippen LogP contribution is -2.38. The van der Waals surface area contributed by atoms with Crippen molar-refractivity contribution >= 4 is 46.3 Å². The highest BCUT2D eigenvalue weighted by Gasteiger charge is 2.31. The molecule has 2 aromatic carbocycles. The first-order chi connectivity index (χ1) is 19.6. The van der Waals surface area contributed by atoms with E-state index in [2.05, 4.69) is 15.6 Å². The number of fused-ring (bicyclic) bond motifs is 4. The van der Waals surface area contributed by atoms with Crippen molar-refractivity contribution in [3.63, 3.8) is 0 Å². The topological polar surface area (TPSA) is 91.4 Å². The number of hydrogen-bond acceptors (Lipinski definition) is 4. The van der Waals surface area contributed by atoms with Crippen molar-refractivity contribution < 1.29 is 23.2 Å². The molecule has 0 radical (unpaired) electrons. The van der Waals surface area contributed by atoms with Crippen LogP contribution in [0.3, 0.4) is 0 Å². The fourth-order valence-electron chi connectivity index (χ4n) is 5.43. The molecule has 2 N–H and O–H groups in total. The number of amides is 3. The molecule has 7 nitrogen and oxygen atoms in total. The normalized spacial score (nSPS) is 19.3. The third kappa shape index (κ3) is 6.00. The summed E-state index contributed by atoms with van der Waals surface area (Å²) in [4.78, 5) is 44.4. The molecule has 2 aliphatic rings. The number of hydrogen-bond donors (Lipinski definition) is 2. The Labute approximate surface area is 241 Å². The van der Waals surface area contributed by atoms with E-state index in [1.54, 1.807) is 23.2 Å². The van der Waals surface area contributed by atoms with Crippen LogP contribution >= 0.6 is 11.6 Å². The third-order valence-corrected chi connectivity index (χ3v) is 7.83. The predicted octanol–water partition coefficient (Wildman–Crippen LogP) is 6.75. The van der Waals surface area contributed by atoms with Crippen LogP contribution in [0.2, 0.25) is 5.02 Å². The first-order valence-corrected chi connectivity index (χ1v) is 13.8. The summed E-state index contributed by atoms with van der Waals surface area (Å²) in [5.41, 5.74) is 3.27. The van der Waals surface area contributed by atoms with E-state index >= 15 is 0 Å². The van der Waals surface area contributed by atoms with Gasteiger partial charge in [0.05, 0.1) is 28.0 Å². The van der Waals surface area contributed by atoms with Crippen LogP contribution in [0.1, 0.15) is 56.8 Å². The molecular formula is C31H29ClF2N4O3. The standard InChI is InChI=1S/C31H29ClF2N4O3/c1-17-4-3-5-27(38-13-11-20(15-28(38)40)29-24(33)9-8-23(32)30(29)34)26-14-19(10-12-35-26)22-7-6-21(36-18(2)39)16-25(22)37-31(17)41/h6-10,12,14-17,27H,3-5,11,13H2,1-2H3,(H,36,39)(H,37,41)/t17?,27-/m0/s1. The summed E-state index contributed by atoms with van der Waals surface area (Å²) in [6.45, 7) is 3.50. The SMILES string of the molecule is CC(=O)Nc1ccc2c(c1)NC(=O)C(C)CCC[C@H](N1CCC(c3c(F)ccc(Cl)c3F)=CC1=O)c1cc-2ccn1. The van der Waals surface area contributed by atoms with Crippen molar-refractivity contribution in [2.45, 2.75) is 45.6 Å². The lowest BCUT2D eigenvalue weighted by Gasteiger charge is -2.34. The van der Waals surface area contributed by atoms with Crippen molar-refractivity contribution in [2.75, 3.05) is 17.2 Å². The lowest BCUT2D eigenvalue weighted by molar-refractivity contribution is -0.129. The van der Waals surface area contributed by atoms with Gasteiger partial charge in [-0.2, -0.15) is 0 Å². The number of nitrogens with zero attached hydrogens (tertiary/aromatic N) is 2. The first-order valence-electron chi connectivity index (χ1n) is 13.5. The third-order valence-electron chi connectivity index (χ3n) is 7.54. The van der Waals surface area contributed by atoms with E-state index in [1.165, 1.54) is 13.0 Å². The molecule has 0 saturated heterocycles. The number of aromatic nitrogens is 1. The van der Waals surface area contributed by atoms with Crippen molar-refractivity contribution in [1.29, 1.82) is 0 Å². The zero-order chi connectivity index (χ0) is 29.3. The zero-order valence-electron chi connectivity index (χ0n) is 22.6. The molecule has 0 fully saturated rings. The molecule has 0 spiro atoms. The van der Waals surface area contributed by atoms with Crippen LogP contribution in [0.25, 0.3) is 16.7 Å². The highest BCUT2D eigenvalue weighted by Crippen LogP contribution is 2.38. The maximum Gasteiger partial charge on any atom is 0.247 e. The van der Waals surface area contributed by atoms with E-state index in [0.717, 1.165) is 23.3 Å². The van der Waals surface area contributed by atoms with Gasteiger partial charge in [-0.15, -0.1) is 0 Å². The molecule has 3 heterocycles. The van der Waals surface area contributed by atoms with Gasteiger partial charge in [-0.25, -0.2) is 8.78 Å². The minimum Gasteiger partial charge on any atom is -0.330 e. The number of nitrogens with one attached hydrogen (secondary N) is 2. The van der Waals surface area contributed by atoms with Crippen LogP contribution in [0.5, 0.6) is 0 Å². The summed E-state index contributed by atoms with van der Waals surface area (Å²) in [7, 11) is 0. The molecule has 41 heavy (non-hydrogen) atoms.